The van der Waals surface area contributed by atoms with Crippen molar-refractivity contribution in [1.29, 1.82) is 0 Å². The fourth-order valence-corrected chi connectivity index (χ4v) is 2.83. The van der Waals surface area contributed by atoms with Gasteiger partial charge < -0.3 is 5.32 Å². The molecule has 1 nitrogen and oxygen atoms in total. The smallest absolute Gasteiger partial charge is 0.137 e. The topological polar surface area (TPSA) is 12.0 Å². The van der Waals surface area contributed by atoms with Crippen LogP contribution in [0.3, 0.4) is 0 Å². The Morgan fingerprint density at radius 1 is 1.00 bits per heavy atom. The van der Waals surface area contributed by atoms with E-state index in [0.29, 0.717) is 4.47 Å². The van der Waals surface area contributed by atoms with E-state index in [4.69, 9.17) is 0 Å². The van der Waals surface area contributed by atoms with Gasteiger partial charge in [0.15, 0.2) is 0 Å². The molecule has 0 heterocycles. The van der Waals surface area contributed by atoms with Crippen LogP contribution in [0.1, 0.15) is 18.5 Å². The molecule has 0 aliphatic rings. The Morgan fingerprint density at radius 3 is 2.42 bits per heavy atom. The lowest BCUT2D eigenvalue weighted by Crippen LogP contribution is -2.07. The molecule has 0 aromatic heterocycles. The summed E-state index contributed by atoms with van der Waals surface area (Å²) in [6.07, 6.45) is 0. The summed E-state index contributed by atoms with van der Waals surface area (Å²) < 4.78 is 15.7. The third-order valence-corrected chi connectivity index (χ3v) is 4.54. The van der Waals surface area contributed by atoms with Crippen molar-refractivity contribution in [2.45, 2.75) is 13.0 Å². The molecule has 19 heavy (non-hydrogen) atoms. The van der Waals surface area contributed by atoms with Crippen molar-refractivity contribution < 1.29 is 4.39 Å². The molecule has 100 valence electrons. The van der Waals surface area contributed by atoms with Gasteiger partial charge >= 0.3 is 0 Å². The molecular weight excluding hydrogens is 441 g/mol. The normalized spacial score (nSPS) is 12.3. The Bertz CT molecular complexity index is 601. The first kappa shape index (κ1) is 15.0. The average molecular weight is 452 g/mol. The highest BCUT2D eigenvalue weighted by Gasteiger charge is 2.10. The molecule has 0 aliphatic heterocycles. The van der Waals surface area contributed by atoms with E-state index in [1.807, 2.05) is 25.1 Å². The molecule has 0 saturated carbocycles. The zero-order valence-corrected chi connectivity index (χ0v) is 14.8. The second kappa shape index (κ2) is 6.37. The second-order valence-corrected chi connectivity index (χ2v) is 6.79. The lowest BCUT2D eigenvalue weighted by atomic mass is 10.1. The highest BCUT2D eigenvalue weighted by atomic mass is 79.9. The number of anilines is 1. The summed E-state index contributed by atoms with van der Waals surface area (Å²) in [5, 5.41) is 3.39. The van der Waals surface area contributed by atoms with Crippen LogP contribution in [-0.2, 0) is 0 Å². The maximum atomic E-state index is 13.2. The van der Waals surface area contributed by atoms with Crippen LogP contribution < -0.4 is 5.32 Å². The SMILES string of the molecule is CC(Nc1cc(Br)ccc1Br)c1ccc(F)c(Br)c1. The molecule has 5 heteroatoms. The molecule has 2 aromatic rings. The summed E-state index contributed by atoms with van der Waals surface area (Å²) >= 11 is 10.2. The van der Waals surface area contributed by atoms with Crippen molar-refractivity contribution in [3.63, 3.8) is 0 Å². The number of halogens is 4. The van der Waals surface area contributed by atoms with Gasteiger partial charge in [0.1, 0.15) is 5.82 Å². The van der Waals surface area contributed by atoms with E-state index in [9.17, 15) is 4.39 Å². The van der Waals surface area contributed by atoms with Crippen molar-refractivity contribution in [2.75, 3.05) is 5.32 Å². The van der Waals surface area contributed by atoms with Gasteiger partial charge in [-0.05, 0) is 74.7 Å². The summed E-state index contributed by atoms with van der Waals surface area (Å²) in [5.41, 5.74) is 2.00. The zero-order valence-electron chi connectivity index (χ0n) is 10.1. The van der Waals surface area contributed by atoms with Crippen LogP contribution in [0.2, 0.25) is 0 Å². The van der Waals surface area contributed by atoms with Gasteiger partial charge in [0.2, 0.25) is 0 Å². The van der Waals surface area contributed by atoms with Crippen molar-refractivity contribution in [3.05, 3.63) is 61.2 Å². The van der Waals surface area contributed by atoms with Crippen LogP contribution >= 0.6 is 47.8 Å². The van der Waals surface area contributed by atoms with Crippen LogP contribution in [0.4, 0.5) is 10.1 Å². The lowest BCUT2D eigenvalue weighted by molar-refractivity contribution is 0.619. The number of hydrogen-bond acceptors (Lipinski definition) is 1. The predicted molar refractivity (Wildman–Crippen MR) is 88.0 cm³/mol. The van der Waals surface area contributed by atoms with Gasteiger partial charge in [-0.15, -0.1) is 0 Å². The van der Waals surface area contributed by atoms with Crippen LogP contribution in [0.15, 0.2) is 49.8 Å². The molecule has 0 fully saturated rings. The molecular formula is C14H11Br3FN. The van der Waals surface area contributed by atoms with E-state index in [1.54, 1.807) is 12.1 Å². The molecule has 0 aliphatic carbocycles. The van der Waals surface area contributed by atoms with Gasteiger partial charge in [0, 0.05) is 15.0 Å². The van der Waals surface area contributed by atoms with Gasteiger partial charge in [-0.3, -0.25) is 0 Å². The standard InChI is InChI=1S/C14H11Br3FN/c1-8(9-2-5-13(18)12(17)6-9)19-14-7-10(15)3-4-11(14)16/h2-8,19H,1H3. The average Bonchev–Trinajstić information content (AvgIpc) is 2.37. The lowest BCUT2D eigenvalue weighted by Gasteiger charge is -2.17. The van der Waals surface area contributed by atoms with Gasteiger partial charge in [-0.25, -0.2) is 4.39 Å². The maximum Gasteiger partial charge on any atom is 0.137 e. The Labute approximate surface area is 137 Å². The highest BCUT2D eigenvalue weighted by Crippen LogP contribution is 2.30. The predicted octanol–water partition coefficient (Wildman–Crippen LogP) is 6.29. The number of benzene rings is 2. The summed E-state index contributed by atoms with van der Waals surface area (Å²) in [7, 11) is 0. The fourth-order valence-electron chi connectivity index (χ4n) is 1.71. The zero-order chi connectivity index (χ0) is 14.0. The maximum absolute atomic E-state index is 13.2. The van der Waals surface area contributed by atoms with E-state index in [0.717, 1.165) is 20.2 Å². The van der Waals surface area contributed by atoms with Crippen LogP contribution in [0, 0.1) is 5.82 Å². The number of rotatable bonds is 3. The third-order valence-electron chi connectivity index (χ3n) is 2.74. The molecule has 2 aromatic carbocycles. The molecule has 1 unspecified atom stereocenters. The van der Waals surface area contributed by atoms with Crippen LogP contribution in [0.25, 0.3) is 0 Å². The summed E-state index contributed by atoms with van der Waals surface area (Å²) in [6, 6.07) is 11.0. The minimum Gasteiger partial charge on any atom is -0.378 e. The van der Waals surface area contributed by atoms with Crippen molar-refractivity contribution in [2.24, 2.45) is 0 Å². The Morgan fingerprint density at radius 2 is 1.74 bits per heavy atom. The molecule has 1 N–H and O–H groups in total. The molecule has 0 bridgehead atoms. The van der Waals surface area contributed by atoms with Gasteiger partial charge in [0.05, 0.1) is 10.2 Å². The number of hydrogen-bond donors (Lipinski definition) is 1. The van der Waals surface area contributed by atoms with Gasteiger partial charge in [-0.1, -0.05) is 22.0 Å². The Kier molecular flexibility index (Phi) is 5.03. The highest BCUT2D eigenvalue weighted by molar-refractivity contribution is 9.11. The van der Waals surface area contributed by atoms with E-state index in [2.05, 4.69) is 53.1 Å². The monoisotopic (exact) mass is 449 g/mol. The largest absolute Gasteiger partial charge is 0.378 e. The van der Waals surface area contributed by atoms with Crippen molar-refractivity contribution in [3.8, 4) is 0 Å². The van der Waals surface area contributed by atoms with E-state index >= 15 is 0 Å². The first-order chi connectivity index (χ1) is 8.97. The van der Waals surface area contributed by atoms with Gasteiger partial charge in [0.25, 0.3) is 0 Å². The van der Waals surface area contributed by atoms with E-state index in [-0.39, 0.29) is 11.9 Å². The van der Waals surface area contributed by atoms with Gasteiger partial charge in [-0.2, -0.15) is 0 Å². The molecule has 2 rings (SSSR count). The quantitative estimate of drug-likeness (QED) is 0.578. The first-order valence-corrected chi connectivity index (χ1v) is 8.02. The van der Waals surface area contributed by atoms with Crippen molar-refractivity contribution in [1.82, 2.24) is 0 Å². The Hall–Kier alpha value is -0.390. The molecule has 0 radical (unpaired) electrons. The summed E-state index contributed by atoms with van der Waals surface area (Å²) in [4.78, 5) is 0. The van der Waals surface area contributed by atoms with Crippen LogP contribution in [0.5, 0.6) is 0 Å². The summed E-state index contributed by atoms with van der Waals surface area (Å²) in [5.74, 6) is -0.250. The molecule has 0 saturated heterocycles. The first-order valence-electron chi connectivity index (χ1n) is 5.64. The third kappa shape index (κ3) is 3.80. The van der Waals surface area contributed by atoms with Crippen LogP contribution in [-0.4, -0.2) is 0 Å². The minimum absolute atomic E-state index is 0.0718. The minimum atomic E-state index is -0.250. The van der Waals surface area contributed by atoms with Crippen molar-refractivity contribution >= 4 is 53.5 Å². The van der Waals surface area contributed by atoms with E-state index < -0.39 is 0 Å². The summed E-state index contributed by atoms with van der Waals surface area (Å²) in [6.45, 7) is 2.03. The molecule has 0 spiro atoms. The molecule has 0 amide bonds. The Balaban J connectivity index is 2.22. The molecule has 1 atom stereocenters. The fraction of sp³-hybridized carbons (Fsp3) is 0.143. The second-order valence-electron chi connectivity index (χ2n) is 4.16. The van der Waals surface area contributed by atoms with E-state index in [1.165, 1.54) is 6.07 Å². The number of nitrogens with one attached hydrogen (secondary N) is 1.